The van der Waals surface area contributed by atoms with Gasteiger partial charge in [-0.3, -0.25) is 4.79 Å². The topological polar surface area (TPSA) is 66.9 Å². The second kappa shape index (κ2) is 4.14. The van der Waals surface area contributed by atoms with Crippen LogP contribution in [0.25, 0.3) is 0 Å². The first-order valence-corrected chi connectivity index (χ1v) is 5.36. The van der Waals surface area contributed by atoms with Crippen LogP contribution in [0, 0.1) is 16.7 Å². The Morgan fingerprint density at radius 3 is 2.93 bits per heavy atom. The summed E-state index contributed by atoms with van der Waals surface area (Å²) in [7, 11) is 0. The largest absolute Gasteiger partial charge is 0.401 e. The summed E-state index contributed by atoms with van der Waals surface area (Å²) in [5.74, 6) is 0.0384. The highest BCUT2D eigenvalue weighted by atomic mass is 79.9. The predicted molar refractivity (Wildman–Crippen MR) is 57.3 cm³/mol. The van der Waals surface area contributed by atoms with Crippen molar-refractivity contribution in [3.05, 3.63) is 10.2 Å². The third-order valence-corrected chi connectivity index (χ3v) is 3.63. The molecule has 0 aromatic carbocycles. The van der Waals surface area contributed by atoms with Crippen molar-refractivity contribution in [2.75, 3.05) is 0 Å². The first-order valence-electron chi connectivity index (χ1n) is 4.57. The Balaban J connectivity index is 2.85. The van der Waals surface area contributed by atoms with Gasteiger partial charge in [-0.1, -0.05) is 6.92 Å². The lowest BCUT2D eigenvalue weighted by molar-refractivity contribution is -0.124. The normalized spacial score (nSPS) is 27.6. The highest BCUT2D eigenvalue weighted by Crippen LogP contribution is 2.40. The van der Waals surface area contributed by atoms with Gasteiger partial charge in [0.15, 0.2) is 5.78 Å². The van der Waals surface area contributed by atoms with Gasteiger partial charge in [0.2, 0.25) is 0 Å². The van der Waals surface area contributed by atoms with Crippen molar-refractivity contribution >= 4 is 21.7 Å². The van der Waals surface area contributed by atoms with Crippen LogP contribution >= 0.6 is 15.9 Å². The molecule has 4 heteroatoms. The molecular formula is C10H13BrN2O. The molecule has 2 N–H and O–H groups in total. The molecule has 0 saturated heterocycles. The van der Waals surface area contributed by atoms with Gasteiger partial charge in [0.05, 0.1) is 10.6 Å². The summed E-state index contributed by atoms with van der Waals surface area (Å²) < 4.78 is 0.504. The molecule has 0 aromatic heterocycles. The molecule has 1 rings (SSSR count). The summed E-state index contributed by atoms with van der Waals surface area (Å²) in [5.41, 5.74) is 5.89. The monoisotopic (exact) mass is 256 g/mol. The van der Waals surface area contributed by atoms with Crippen LogP contribution < -0.4 is 5.73 Å². The average Bonchev–Trinajstić information content (AvgIpc) is 2.19. The molecule has 3 nitrogen and oxygen atoms in total. The summed E-state index contributed by atoms with van der Waals surface area (Å²) in [6.45, 7) is 1.90. The summed E-state index contributed by atoms with van der Waals surface area (Å²) in [6.07, 6.45) is 2.51. The molecule has 0 radical (unpaired) electrons. The molecule has 1 aliphatic rings. The van der Waals surface area contributed by atoms with Crippen LogP contribution in [0.4, 0.5) is 0 Å². The quantitative estimate of drug-likeness (QED) is 0.824. The first kappa shape index (κ1) is 11.3. The zero-order valence-corrected chi connectivity index (χ0v) is 9.73. The molecular weight excluding hydrogens is 244 g/mol. The average molecular weight is 257 g/mol. The van der Waals surface area contributed by atoms with E-state index in [9.17, 15) is 4.79 Å². The minimum absolute atomic E-state index is 0.0384. The number of rotatable bonds is 2. The molecule has 76 valence electrons. The van der Waals surface area contributed by atoms with Crippen LogP contribution in [0.15, 0.2) is 10.2 Å². The van der Waals surface area contributed by atoms with Crippen molar-refractivity contribution in [3.8, 4) is 6.07 Å². The number of Topliss-reactive ketones (excluding diaryl/α,β-unsaturated/α-hetero) is 1. The van der Waals surface area contributed by atoms with E-state index in [0.29, 0.717) is 23.0 Å². The molecule has 14 heavy (non-hydrogen) atoms. The molecule has 0 heterocycles. The Morgan fingerprint density at radius 1 is 1.71 bits per heavy atom. The third-order valence-electron chi connectivity index (χ3n) is 2.76. The van der Waals surface area contributed by atoms with Gasteiger partial charge >= 0.3 is 0 Å². The summed E-state index contributed by atoms with van der Waals surface area (Å²) in [4.78, 5) is 11.9. The Hall–Kier alpha value is -0.820. The number of hydrogen-bond acceptors (Lipinski definition) is 3. The number of carbonyl (C=O) groups excluding carboxylic acids is 1. The maximum Gasteiger partial charge on any atom is 0.177 e. The van der Waals surface area contributed by atoms with E-state index in [1.54, 1.807) is 0 Å². The predicted octanol–water partition coefficient (Wildman–Crippen LogP) is 2.22. The van der Waals surface area contributed by atoms with Crippen molar-refractivity contribution in [3.63, 3.8) is 0 Å². The van der Waals surface area contributed by atoms with E-state index < -0.39 is 5.41 Å². The smallest absolute Gasteiger partial charge is 0.177 e. The molecule has 0 bridgehead atoms. The molecule has 1 atom stereocenters. The van der Waals surface area contributed by atoms with Crippen LogP contribution in [0.2, 0.25) is 0 Å². The number of nitriles is 1. The lowest BCUT2D eigenvalue weighted by Crippen LogP contribution is -2.33. The van der Waals surface area contributed by atoms with E-state index in [1.807, 2.05) is 6.92 Å². The molecule has 1 aliphatic carbocycles. The second-order valence-electron chi connectivity index (χ2n) is 3.89. The number of halogens is 1. The van der Waals surface area contributed by atoms with E-state index in [-0.39, 0.29) is 5.78 Å². The molecule has 0 aliphatic heterocycles. The molecule has 0 amide bonds. The van der Waals surface area contributed by atoms with Gasteiger partial charge in [-0.15, -0.1) is 0 Å². The summed E-state index contributed by atoms with van der Waals surface area (Å²) in [6, 6.07) is 2.07. The van der Waals surface area contributed by atoms with Crippen molar-refractivity contribution < 1.29 is 4.79 Å². The highest BCUT2D eigenvalue weighted by molar-refractivity contribution is 9.12. The van der Waals surface area contributed by atoms with Gasteiger partial charge in [-0.25, -0.2) is 0 Å². The molecule has 0 saturated carbocycles. The molecule has 0 aromatic rings. The Labute approximate surface area is 92.1 Å². The van der Waals surface area contributed by atoms with E-state index >= 15 is 0 Å². The van der Waals surface area contributed by atoms with Crippen LogP contribution in [0.5, 0.6) is 0 Å². The maximum absolute atomic E-state index is 11.9. The number of nitrogens with two attached hydrogens (primary N) is 1. The SMILES string of the molecule is CC1(CCC#N)CCC(N)=C(Br)C1=O. The number of ketones is 1. The van der Waals surface area contributed by atoms with Crippen LogP contribution in [-0.2, 0) is 4.79 Å². The van der Waals surface area contributed by atoms with Crippen molar-refractivity contribution in [1.82, 2.24) is 0 Å². The highest BCUT2D eigenvalue weighted by Gasteiger charge is 2.37. The van der Waals surface area contributed by atoms with Gasteiger partial charge in [0.25, 0.3) is 0 Å². The van der Waals surface area contributed by atoms with Gasteiger partial charge in [0.1, 0.15) is 0 Å². The van der Waals surface area contributed by atoms with Gasteiger partial charge in [-0.2, -0.15) is 5.26 Å². The fourth-order valence-corrected chi connectivity index (χ4v) is 2.29. The maximum atomic E-state index is 11.9. The number of nitrogens with zero attached hydrogens (tertiary/aromatic N) is 1. The van der Waals surface area contributed by atoms with Gasteiger partial charge in [-0.05, 0) is 35.2 Å². The van der Waals surface area contributed by atoms with E-state index in [2.05, 4.69) is 22.0 Å². The number of hydrogen-bond donors (Lipinski definition) is 1. The van der Waals surface area contributed by atoms with Gasteiger partial charge in [0, 0.05) is 17.5 Å². The Kier molecular flexibility index (Phi) is 3.33. The first-order chi connectivity index (χ1) is 6.51. The molecule has 1 unspecified atom stereocenters. The van der Waals surface area contributed by atoms with Gasteiger partial charge < -0.3 is 5.73 Å². The third kappa shape index (κ3) is 1.98. The lowest BCUT2D eigenvalue weighted by Gasteiger charge is -2.31. The summed E-state index contributed by atoms with van der Waals surface area (Å²) in [5, 5.41) is 8.51. The lowest BCUT2D eigenvalue weighted by atomic mass is 9.74. The minimum Gasteiger partial charge on any atom is -0.401 e. The van der Waals surface area contributed by atoms with Crippen molar-refractivity contribution in [2.24, 2.45) is 11.1 Å². The van der Waals surface area contributed by atoms with Crippen LogP contribution in [-0.4, -0.2) is 5.78 Å². The zero-order chi connectivity index (χ0) is 10.8. The van der Waals surface area contributed by atoms with E-state index in [1.165, 1.54) is 0 Å². The standard InChI is InChI=1S/C10H13BrN2O/c1-10(4-2-6-12)5-3-7(13)8(11)9(10)14/h2-5,13H2,1H3. The Bertz CT molecular complexity index is 330. The van der Waals surface area contributed by atoms with Crippen LogP contribution in [0.3, 0.4) is 0 Å². The summed E-state index contributed by atoms with van der Waals surface area (Å²) >= 11 is 3.21. The molecule has 0 fully saturated rings. The van der Waals surface area contributed by atoms with Crippen molar-refractivity contribution in [1.29, 1.82) is 5.26 Å². The van der Waals surface area contributed by atoms with E-state index in [4.69, 9.17) is 11.0 Å². The fraction of sp³-hybridized carbons (Fsp3) is 0.600. The second-order valence-corrected chi connectivity index (χ2v) is 4.68. The minimum atomic E-state index is -0.405. The zero-order valence-electron chi connectivity index (χ0n) is 8.14. The number of allylic oxidation sites excluding steroid dienone is 2. The fourth-order valence-electron chi connectivity index (χ4n) is 1.61. The Morgan fingerprint density at radius 2 is 2.36 bits per heavy atom. The van der Waals surface area contributed by atoms with Crippen molar-refractivity contribution in [2.45, 2.75) is 32.6 Å². The number of carbonyl (C=O) groups is 1. The van der Waals surface area contributed by atoms with E-state index in [0.717, 1.165) is 12.8 Å². The molecule has 0 spiro atoms. The van der Waals surface area contributed by atoms with Crippen LogP contribution in [0.1, 0.15) is 32.6 Å².